The monoisotopic (exact) mass is 518 g/mol. The van der Waals surface area contributed by atoms with Gasteiger partial charge in [0.2, 0.25) is 17.7 Å². The average Bonchev–Trinajstić information content (AvgIpc) is 3.26. The van der Waals surface area contributed by atoms with Gasteiger partial charge in [0.25, 0.3) is 10.0 Å². The lowest BCUT2D eigenvalue weighted by molar-refractivity contribution is -0.137. The van der Waals surface area contributed by atoms with Gasteiger partial charge in [0.1, 0.15) is 16.6 Å². The number of aromatic nitrogens is 2. The molecule has 0 spiro atoms. The standard InChI is InChI=1S/C19H17F3N4O6S2/c1-30-14-9-15(31-2)24-17(23-14)25-18(27)26-34(28,29)16-11(6-7-33-16)10-32-13-5-3-4-12(8-13)19(20,21)22/h3-9H,10H2,1-2H3,(H2,23,24,25,26,27). The first kappa shape index (κ1) is 25.0. The van der Waals surface area contributed by atoms with Gasteiger partial charge in [-0.3, -0.25) is 5.32 Å². The third kappa shape index (κ3) is 6.26. The molecule has 3 rings (SSSR count). The molecular weight excluding hydrogens is 501 g/mol. The van der Waals surface area contributed by atoms with Crippen LogP contribution in [0.2, 0.25) is 0 Å². The van der Waals surface area contributed by atoms with Gasteiger partial charge in [0.05, 0.1) is 25.8 Å². The molecule has 2 aromatic heterocycles. The number of carbonyl (C=O) groups is 1. The lowest BCUT2D eigenvalue weighted by Gasteiger charge is -2.11. The number of nitrogens with one attached hydrogen (secondary N) is 2. The minimum atomic E-state index is -4.55. The first-order chi connectivity index (χ1) is 16.0. The summed E-state index contributed by atoms with van der Waals surface area (Å²) in [5.41, 5.74) is -0.764. The Morgan fingerprint density at radius 1 is 1.09 bits per heavy atom. The van der Waals surface area contributed by atoms with Gasteiger partial charge in [-0.2, -0.15) is 23.1 Å². The van der Waals surface area contributed by atoms with Crippen LogP contribution in [0, 0.1) is 0 Å². The van der Waals surface area contributed by atoms with Crippen molar-refractivity contribution in [3.8, 4) is 17.5 Å². The highest BCUT2D eigenvalue weighted by atomic mass is 32.2. The number of benzene rings is 1. The van der Waals surface area contributed by atoms with Crippen LogP contribution in [0.1, 0.15) is 11.1 Å². The van der Waals surface area contributed by atoms with Crippen LogP contribution >= 0.6 is 11.3 Å². The summed E-state index contributed by atoms with van der Waals surface area (Å²) >= 11 is 0.798. The number of hydrogen-bond donors (Lipinski definition) is 2. The Bertz CT molecular complexity index is 1260. The molecule has 3 aromatic rings. The Morgan fingerprint density at radius 3 is 2.38 bits per heavy atom. The summed E-state index contributed by atoms with van der Waals surface area (Å²) < 4.78 is 80.8. The van der Waals surface area contributed by atoms with E-state index < -0.39 is 27.8 Å². The summed E-state index contributed by atoms with van der Waals surface area (Å²) in [6.45, 7) is -0.348. The van der Waals surface area contributed by atoms with Gasteiger partial charge in [-0.15, -0.1) is 11.3 Å². The van der Waals surface area contributed by atoms with Crippen molar-refractivity contribution in [1.82, 2.24) is 14.7 Å². The van der Waals surface area contributed by atoms with Crippen molar-refractivity contribution in [2.45, 2.75) is 17.0 Å². The number of alkyl halides is 3. The van der Waals surface area contributed by atoms with Crippen molar-refractivity contribution < 1.29 is 40.6 Å². The maximum Gasteiger partial charge on any atom is 0.416 e. The number of sulfonamides is 1. The topological polar surface area (TPSA) is 129 Å². The van der Waals surface area contributed by atoms with Crippen LogP contribution < -0.4 is 24.2 Å². The molecule has 0 fully saturated rings. The second-order valence-electron chi connectivity index (χ2n) is 6.38. The smallest absolute Gasteiger partial charge is 0.416 e. The third-order valence-electron chi connectivity index (χ3n) is 4.06. The predicted molar refractivity (Wildman–Crippen MR) is 115 cm³/mol. The van der Waals surface area contributed by atoms with Gasteiger partial charge < -0.3 is 14.2 Å². The lowest BCUT2D eigenvalue weighted by atomic mass is 10.2. The Balaban J connectivity index is 1.70. The summed E-state index contributed by atoms with van der Waals surface area (Å²) in [4.78, 5) is 20.0. The first-order valence-electron chi connectivity index (χ1n) is 9.19. The predicted octanol–water partition coefficient (Wildman–Crippen LogP) is 3.66. The van der Waals surface area contributed by atoms with E-state index in [2.05, 4.69) is 15.3 Å². The molecule has 2 heterocycles. The fourth-order valence-corrected chi connectivity index (χ4v) is 4.84. The minimum absolute atomic E-state index is 0.0669. The molecular formula is C19H17F3N4O6S2. The highest BCUT2D eigenvalue weighted by Crippen LogP contribution is 2.32. The fourth-order valence-electron chi connectivity index (χ4n) is 2.55. The van der Waals surface area contributed by atoms with Crippen LogP contribution in [-0.4, -0.2) is 38.6 Å². The molecule has 182 valence electrons. The van der Waals surface area contributed by atoms with Crippen LogP contribution in [0.4, 0.5) is 23.9 Å². The summed E-state index contributed by atoms with van der Waals surface area (Å²) in [7, 11) is -1.70. The summed E-state index contributed by atoms with van der Waals surface area (Å²) in [6.07, 6.45) is -4.55. The molecule has 34 heavy (non-hydrogen) atoms. The molecule has 2 N–H and O–H groups in total. The number of methoxy groups -OCH3 is 2. The van der Waals surface area contributed by atoms with Crippen molar-refractivity contribution in [3.05, 3.63) is 52.9 Å². The Morgan fingerprint density at radius 2 is 1.76 bits per heavy atom. The molecule has 0 unspecified atom stereocenters. The van der Waals surface area contributed by atoms with E-state index in [-0.39, 0.29) is 39.8 Å². The molecule has 0 atom stereocenters. The molecule has 0 saturated heterocycles. The number of thiophene rings is 1. The van der Waals surface area contributed by atoms with E-state index in [1.54, 1.807) is 0 Å². The number of anilines is 1. The number of nitrogens with zero attached hydrogens (tertiary/aromatic N) is 2. The third-order valence-corrected chi connectivity index (χ3v) is 6.96. The maximum absolute atomic E-state index is 12.9. The van der Waals surface area contributed by atoms with Crippen LogP contribution in [0.25, 0.3) is 0 Å². The zero-order valence-corrected chi connectivity index (χ0v) is 19.2. The second kappa shape index (κ2) is 10.1. The van der Waals surface area contributed by atoms with E-state index in [1.807, 2.05) is 4.72 Å². The Labute approximate surface area is 195 Å². The van der Waals surface area contributed by atoms with Gasteiger partial charge in [-0.1, -0.05) is 6.07 Å². The molecule has 2 amide bonds. The lowest BCUT2D eigenvalue weighted by Crippen LogP contribution is -2.35. The van der Waals surface area contributed by atoms with Crippen molar-refractivity contribution in [2.24, 2.45) is 0 Å². The SMILES string of the molecule is COc1cc(OC)nc(NC(=O)NS(=O)(=O)c2sccc2COc2cccc(C(F)(F)F)c2)n1. The zero-order chi connectivity index (χ0) is 24.9. The number of hydrogen-bond acceptors (Lipinski definition) is 9. The molecule has 15 heteroatoms. The van der Waals surface area contributed by atoms with E-state index in [0.717, 1.165) is 23.5 Å². The zero-order valence-electron chi connectivity index (χ0n) is 17.5. The van der Waals surface area contributed by atoms with Crippen LogP contribution in [0.3, 0.4) is 0 Å². The Kier molecular flexibility index (Phi) is 7.46. The number of rotatable bonds is 8. The van der Waals surface area contributed by atoms with Crippen LogP contribution in [0.5, 0.6) is 17.5 Å². The summed E-state index contributed by atoms with van der Waals surface area (Å²) in [6, 6.07) is 5.78. The second-order valence-corrected chi connectivity index (χ2v) is 9.18. The van der Waals surface area contributed by atoms with Crippen molar-refractivity contribution >= 4 is 33.3 Å². The van der Waals surface area contributed by atoms with Gasteiger partial charge in [-0.25, -0.2) is 17.9 Å². The van der Waals surface area contributed by atoms with Gasteiger partial charge in [0, 0.05) is 5.56 Å². The number of amides is 2. The first-order valence-corrected chi connectivity index (χ1v) is 11.6. The van der Waals surface area contributed by atoms with Gasteiger partial charge in [-0.05, 0) is 29.6 Å². The van der Waals surface area contributed by atoms with E-state index in [0.29, 0.717) is 0 Å². The molecule has 1 aromatic carbocycles. The molecule has 0 radical (unpaired) electrons. The van der Waals surface area contributed by atoms with Crippen molar-refractivity contribution in [3.63, 3.8) is 0 Å². The quantitative estimate of drug-likeness (QED) is 0.462. The van der Waals surface area contributed by atoms with E-state index >= 15 is 0 Å². The Hall–Kier alpha value is -3.59. The van der Waals surface area contributed by atoms with Crippen molar-refractivity contribution in [1.29, 1.82) is 0 Å². The summed E-state index contributed by atoms with van der Waals surface area (Å²) in [5.74, 6) is -0.239. The summed E-state index contributed by atoms with van der Waals surface area (Å²) in [5, 5.41) is 3.60. The molecule has 0 aliphatic heterocycles. The number of halogens is 3. The fraction of sp³-hybridized carbons (Fsp3) is 0.211. The highest BCUT2D eigenvalue weighted by Gasteiger charge is 2.30. The molecule has 0 saturated carbocycles. The van der Waals surface area contributed by atoms with E-state index in [4.69, 9.17) is 14.2 Å². The maximum atomic E-state index is 12.9. The molecule has 0 aliphatic rings. The largest absolute Gasteiger partial charge is 0.489 e. The molecule has 10 nitrogen and oxygen atoms in total. The highest BCUT2D eigenvalue weighted by molar-refractivity contribution is 7.92. The van der Waals surface area contributed by atoms with Gasteiger partial charge >= 0.3 is 12.2 Å². The van der Waals surface area contributed by atoms with Gasteiger partial charge in [0.15, 0.2) is 0 Å². The number of ether oxygens (including phenoxy) is 3. The minimum Gasteiger partial charge on any atom is -0.489 e. The number of carbonyl (C=O) groups excluding carboxylic acids is 1. The van der Waals surface area contributed by atoms with Crippen molar-refractivity contribution in [2.75, 3.05) is 19.5 Å². The van der Waals surface area contributed by atoms with E-state index in [9.17, 15) is 26.4 Å². The normalized spacial score (nSPS) is 11.6. The number of urea groups is 1. The average molecular weight is 518 g/mol. The van der Waals surface area contributed by atoms with Crippen LogP contribution in [-0.2, 0) is 22.8 Å². The molecule has 0 bridgehead atoms. The van der Waals surface area contributed by atoms with Crippen LogP contribution in [0.15, 0.2) is 46.0 Å². The molecule has 0 aliphatic carbocycles. The van der Waals surface area contributed by atoms with E-state index in [1.165, 1.54) is 43.9 Å².